The molecule has 1 aromatic carbocycles. The van der Waals surface area contributed by atoms with Gasteiger partial charge in [-0.15, -0.1) is 0 Å². The number of hydrogen-bond donors (Lipinski definition) is 0. The maximum atomic E-state index is 4.66. The Morgan fingerprint density at radius 1 is 1.05 bits per heavy atom. The van der Waals surface area contributed by atoms with Gasteiger partial charge in [0, 0.05) is 19.3 Å². The lowest BCUT2D eigenvalue weighted by molar-refractivity contribution is 0.568. The quantitative estimate of drug-likeness (QED) is 0.852. The van der Waals surface area contributed by atoms with Crippen molar-refractivity contribution in [2.24, 2.45) is 0 Å². The van der Waals surface area contributed by atoms with Gasteiger partial charge in [0.2, 0.25) is 5.95 Å². The molecule has 1 aromatic heterocycles. The van der Waals surface area contributed by atoms with Gasteiger partial charge in [-0.1, -0.05) is 35.9 Å². The summed E-state index contributed by atoms with van der Waals surface area (Å²) >= 11 is 0. The van der Waals surface area contributed by atoms with Gasteiger partial charge in [-0.05, 0) is 43.9 Å². The first kappa shape index (κ1) is 13.8. The van der Waals surface area contributed by atoms with Crippen LogP contribution in [0, 0.1) is 6.92 Å². The standard InChI is InChI=1S/C18H21N3/c1-15-6-5-7-16(14-15)8-9-17-10-11-19-18(20-17)21-12-3-2-4-13-21/h5-11,14H,2-4,12-13H2,1H3/b9-8+. The molecule has 0 unspecified atom stereocenters. The van der Waals surface area contributed by atoms with Crippen molar-refractivity contribution in [2.45, 2.75) is 26.2 Å². The maximum Gasteiger partial charge on any atom is 0.225 e. The summed E-state index contributed by atoms with van der Waals surface area (Å²) in [6.45, 7) is 4.26. The molecule has 0 atom stereocenters. The van der Waals surface area contributed by atoms with Crippen LogP contribution in [0.3, 0.4) is 0 Å². The van der Waals surface area contributed by atoms with Crippen molar-refractivity contribution >= 4 is 18.1 Å². The molecule has 2 heterocycles. The Kier molecular flexibility index (Phi) is 4.29. The largest absolute Gasteiger partial charge is 0.341 e. The number of rotatable bonds is 3. The van der Waals surface area contributed by atoms with E-state index in [0.717, 1.165) is 24.7 Å². The van der Waals surface area contributed by atoms with Crippen molar-refractivity contribution in [1.29, 1.82) is 0 Å². The van der Waals surface area contributed by atoms with Crippen LogP contribution >= 0.6 is 0 Å². The highest BCUT2D eigenvalue weighted by molar-refractivity contribution is 5.68. The van der Waals surface area contributed by atoms with E-state index in [4.69, 9.17) is 0 Å². The van der Waals surface area contributed by atoms with Crippen molar-refractivity contribution in [2.75, 3.05) is 18.0 Å². The van der Waals surface area contributed by atoms with E-state index in [1.807, 2.05) is 12.3 Å². The van der Waals surface area contributed by atoms with Gasteiger partial charge in [-0.3, -0.25) is 0 Å². The van der Waals surface area contributed by atoms with Gasteiger partial charge in [0.05, 0.1) is 5.69 Å². The molecule has 0 saturated carbocycles. The summed E-state index contributed by atoms with van der Waals surface area (Å²) in [7, 11) is 0. The van der Waals surface area contributed by atoms with Crippen LogP contribution in [0.15, 0.2) is 36.5 Å². The lowest BCUT2D eigenvalue weighted by Crippen LogP contribution is -2.31. The number of anilines is 1. The third-order valence-electron chi connectivity index (χ3n) is 3.79. The average Bonchev–Trinajstić information content (AvgIpc) is 2.54. The zero-order valence-electron chi connectivity index (χ0n) is 12.5. The number of aromatic nitrogens is 2. The van der Waals surface area contributed by atoms with Crippen LogP contribution in [0.1, 0.15) is 36.1 Å². The van der Waals surface area contributed by atoms with Gasteiger partial charge in [-0.25, -0.2) is 9.97 Å². The fraction of sp³-hybridized carbons (Fsp3) is 0.333. The molecule has 1 fully saturated rings. The van der Waals surface area contributed by atoms with Crippen LogP contribution in [-0.2, 0) is 0 Å². The van der Waals surface area contributed by atoms with Crippen LogP contribution < -0.4 is 4.90 Å². The summed E-state index contributed by atoms with van der Waals surface area (Å²) in [5.41, 5.74) is 3.44. The minimum absolute atomic E-state index is 0.862. The molecular formula is C18H21N3. The van der Waals surface area contributed by atoms with Crippen LogP contribution in [0.25, 0.3) is 12.2 Å². The Balaban J connectivity index is 1.76. The molecule has 0 aliphatic carbocycles. The monoisotopic (exact) mass is 279 g/mol. The molecule has 0 bridgehead atoms. The zero-order chi connectivity index (χ0) is 14.5. The maximum absolute atomic E-state index is 4.66. The van der Waals surface area contributed by atoms with E-state index in [2.05, 4.69) is 58.2 Å². The summed E-state index contributed by atoms with van der Waals surface area (Å²) in [5.74, 6) is 0.862. The van der Waals surface area contributed by atoms with E-state index >= 15 is 0 Å². The number of benzene rings is 1. The lowest BCUT2D eigenvalue weighted by atomic mass is 10.1. The first-order valence-electron chi connectivity index (χ1n) is 7.64. The minimum Gasteiger partial charge on any atom is -0.341 e. The number of piperidine rings is 1. The fourth-order valence-electron chi connectivity index (χ4n) is 2.66. The van der Waals surface area contributed by atoms with E-state index in [9.17, 15) is 0 Å². The number of nitrogens with zero attached hydrogens (tertiary/aromatic N) is 3. The molecule has 1 aliphatic rings. The first-order chi connectivity index (χ1) is 10.3. The Labute approximate surface area is 126 Å². The van der Waals surface area contributed by atoms with E-state index in [1.165, 1.54) is 30.4 Å². The molecule has 3 heteroatoms. The Hall–Kier alpha value is -2.16. The van der Waals surface area contributed by atoms with Gasteiger partial charge in [0.25, 0.3) is 0 Å². The SMILES string of the molecule is Cc1cccc(/C=C/c2ccnc(N3CCCCC3)n2)c1. The molecule has 0 N–H and O–H groups in total. The summed E-state index contributed by atoms with van der Waals surface area (Å²) in [6, 6.07) is 10.4. The summed E-state index contributed by atoms with van der Waals surface area (Å²) < 4.78 is 0. The molecule has 1 saturated heterocycles. The normalized spacial score (nSPS) is 15.6. The van der Waals surface area contributed by atoms with Crippen molar-refractivity contribution in [3.63, 3.8) is 0 Å². The Morgan fingerprint density at radius 3 is 2.71 bits per heavy atom. The third kappa shape index (κ3) is 3.69. The van der Waals surface area contributed by atoms with Crippen molar-refractivity contribution < 1.29 is 0 Å². The summed E-state index contributed by atoms with van der Waals surface area (Å²) in [4.78, 5) is 11.4. The molecule has 108 valence electrons. The summed E-state index contributed by atoms with van der Waals surface area (Å²) in [5, 5.41) is 0. The predicted molar refractivity (Wildman–Crippen MR) is 88.2 cm³/mol. The second-order valence-electron chi connectivity index (χ2n) is 5.58. The fourth-order valence-corrected chi connectivity index (χ4v) is 2.66. The zero-order valence-corrected chi connectivity index (χ0v) is 12.5. The van der Waals surface area contributed by atoms with Gasteiger partial charge in [0.1, 0.15) is 0 Å². The summed E-state index contributed by atoms with van der Waals surface area (Å²) in [6.07, 6.45) is 9.83. The Bertz CT molecular complexity index is 628. The number of aryl methyl sites for hydroxylation is 1. The highest BCUT2D eigenvalue weighted by atomic mass is 15.2. The van der Waals surface area contributed by atoms with Crippen LogP contribution in [-0.4, -0.2) is 23.1 Å². The molecule has 2 aromatic rings. The molecule has 21 heavy (non-hydrogen) atoms. The van der Waals surface area contributed by atoms with Crippen LogP contribution in [0.2, 0.25) is 0 Å². The van der Waals surface area contributed by atoms with Crippen LogP contribution in [0.5, 0.6) is 0 Å². The molecule has 3 rings (SSSR count). The predicted octanol–water partition coefficient (Wildman–Crippen LogP) is 3.95. The van der Waals surface area contributed by atoms with Crippen LogP contribution in [0.4, 0.5) is 5.95 Å². The van der Waals surface area contributed by atoms with Gasteiger partial charge < -0.3 is 4.90 Å². The van der Waals surface area contributed by atoms with Gasteiger partial charge in [0.15, 0.2) is 0 Å². The smallest absolute Gasteiger partial charge is 0.225 e. The molecule has 1 aliphatic heterocycles. The minimum atomic E-state index is 0.862. The van der Waals surface area contributed by atoms with Gasteiger partial charge in [-0.2, -0.15) is 0 Å². The van der Waals surface area contributed by atoms with Crippen molar-refractivity contribution in [1.82, 2.24) is 9.97 Å². The molecule has 3 nitrogen and oxygen atoms in total. The van der Waals surface area contributed by atoms with E-state index in [-0.39, 0.29) is 0 Å². The lowest BCUT2D eigenvalue weighted by Gasteiger charge is -2.26. The highest BCUT2D eigenvalue weighted by Crippen LogP contribution is 2.16. The van der Waals surface area contributed by atoms with Crippen molar-refractivity contribution in [3.05, 3.63) is 53.3 Å². The first-order valence-corrected chi connectivity index (χ1v) is 7.64. The average molecular weight is 279 g/mol. The Morgan fingerprint density at radius 2 is 1.90 bits per heavy atom. The third-order valence-corrected chi connectivity index (χ3v) is 3.79. The van der Waals surface area contributed by atoms with E-state index in [0.29, 0.717) is 0 Å². The highest BCUT2D eigenvalue weighted by Gasteiger charge is 2.12. The van der Waals surface area contributed by atoms with E-state index < -0.39 is 0 Å². The molecule has 0 spiro atoms. The number of hydrogen-bond acceptors (Lipinski definition) is 3. The topological polar surface area (TPSA) is 29.0 Å². The molecule has 0 amide bonds. The second kappa shape index (κ2) is 6.53. The molecular weight excluding hydrogens is 258 g/mol. The molecule has 0 radical (unpaired) electrons. The van der Waals surface area contributed by atoms with Gasteiger partial charge >= 0.3 is 0 Å². The van der Waals surface area contributed by atoms with Crippen molar-refractivity contribution in [3.8, 4) is 0 Å². The second-order valence-corrected chi connectivity index (χ2v) is 5.58. The van der Waals surface area contributed by atoms with E-state index in [1.54, 1.807) is 0 Å².